The molecule has 0 radical (unpaired) electrons. The third-order valence-electron chi connectivity index (χ3n) is 3.85. The van der Waals surface area contributed by atoms with Crippen molar-refractivity contribution < 1.29 is 0 Å². The molecule has 0 saturated carbocycles. The summed E-state index contributed by atoms with van der Waals surface area (Å²) in [6.45, 7) is 5.00. The second kappa shape index (κ2) is 8.41. The van der Waals surface area contributed by atoms with E-state index >= 15 is 0 Å². The lowest BCUT2D eigenvalue weighted by molar-refractivity contribution is 0.573. The largest absolute Gasteiger partial charge is 0.357 e. The summed E-state index contributed by atoms with van der Waals surface area (Å²) in [6.07, 6.45) is 7.03. The highest BCUT2D eigenvalue weighted by atomic mass is 127. The fourth-order valence-corrected chi connectivity index (χ4v) is 2.67. The number of aliphatic imine (C=N–C) groups is 1. The van der Waals surface area contributed by atoms with Gasteiger partial charge in [0.15, 0.2) is 5.96 Å². The second-order valence-corrected chi connectivity index (χ2v) is 5.44. The predicted octanol–water partition coefficient (Wildman–Crippen LogP) is 2.13. The van der Waals surface area contributed by atoms with Gasteiger partial charge in [-0.05, 0) is 37.3 Å². The van der Waals surface area contributed by atoms with E-state index in [4.69, 9.17) is 0 Å². The van der Waals surface area contributed by atoms with Crippen LogP contribution in [-0.2, 0) is 6.54 Å². The van der Waals surface area contributed by atoms with Gasteiger partial charge in [0.2, 0.25) is 0 Å². The van der Waals surface area contributed by atoms with Crippen LogP contribution in [0.25, 0.3) is 0 Å². The van der Waals surface area contributed by atoms with Gasteiger partial charge < -0.3 is 15.5 Å². The van der Waals surface area contributed by atoms with Crippen molar-refractivity contribution in [2.24, 2.45) is 4.99 Å². The lowest BCUT2D eigenvalue weighted by Gasteiger charge is -2.27. The molecule has 1 aromatic rings. The highest BCUT2D eigenvalue weighted by Gasteiger charge is 2.11. The average Bonchev–Trinajstić information content (AvgIpc) is 2.55. The van der Waals surface area contributed by atoms with Crippen LogP contribution in [0.3, 0.4) is 0 Å². The Morgan fingerprint density at radius 3 is 2.67 bits per heavy atom. The minimum atomic E-state index is 0. The maximum absolute atomic E-state index is 4.59. The van der Waals surface area contributed by atoms with Crippen LogP contribution in [0.15, 0.2) is 23.3 Å². The summed E-state index contributed by atoms with van der Waals surface area (Å²) >= 11 is 0. The molecule has 0 atom stereocenters. The SMILES string of the molecule is I.c1cc(N2CCCCC2)ncc1CNC1=NCCCN1. The Hall–Kier alpha value is -1.05. The second-order valence-electron chi connectivity index (χ2n) is 5.44. The van der Waals surface area contributed by atoms with Crippen LogP contribution < -0.4 is 15.5 Å². The molecule has 6 heteroatoms. The van der Waals surface area contributed by atoms with Crippen LogP contribution in [0, 0.1) is 0 Å². The molecule has 3 heterocycles. The van der Waals surface area contributed by atoms with Crippen molar-refractivity contribution in [3.8, 4) is 0 Å². The zero-order valence-corrected chi connectivity index (χ0v) is 14.7. The Morgan fingerprint density at radius 2 is 2.00 bits per heavy atom. The number of aromatic nitrogens is 1. The third kappa shape index (κ3) is 4.72. The molecule has 0 aromatic carbocycles. The van der Waals surface area contributed by atoms with E-state index < -0.39 is 0 Å². The third-order valence-corrected chi connectivity index (χ3v) is 3.85. The maximum atomic E-state index is 4.59. The molecule has 2 aliphatic heterocycles. The predicted molar refractivity (Wildman–Crippen MR) is 97.5 cm³/mol. The lowest BCUT2D eigenvalue weighted by Crippen LogP contribution is -2.40. The Labute approximate surface area is 143 Å². The zero-order chi connectivity index (χ0) is 13.6. The first-order valence-corrected chi connectivity index (χ1v) is 7.64. The van der Waals surface area contributed by atoms with Crippen molar-refractivity contribution in [3.05, 3.63) is 23.9 Å². The molecular formula is C15H24IN5. The number of nitrogens with one attached hydrogen (secondary N) is 2. The van der Waals surface area contributed by atoms with E-state index in [2.05, 4.69) is 37.6 Å². The summed E-state index contributed by atoms with van der Waals surface area (Å²) in [5.74, 6) is 2.03. The molecule has 1 fully saturated rings. The van der Waals surface area contributed by atoms with Crippen LogP contribution in [0.1, 0.15) is 31.2 Å². The number of guanidine groups is 1. The first-order chi connectivity index (χ1) is 9.92. The number of hydrogen-bond donors (Lipinski definition) is 2. The Balaban J connectivity index is 0.00000161. The van der Waals surface area contributed by atoms with E-state index in [9.17, 15) is 0 Å². The number of pyridine rings is 1. The highest BCUT2D eigenvalue weighted by molar-refractivity contribution is 14.0. The quantitative estimate of drug-likeness (QED) is 0.763. The van der Waals surface area contributed by atoms with Gasteiger partial charge in [-0.25, -0.2) is 4.98 Å². The number of piperidine rings is 1. The number of halogens is 1. The molecule has 1 aromatic heterocycles. The molecule has 2 aliphatic rings. The molecule has 5 nitrogen and oxygen atoms in total. The van der Waals surface area contributed by atoms with Gasteiger partial charge in [0, 0.05) is 38.9 Å². The molecule has 0 aliphatic carbocycles. The molecular weight excluding hydrogens is 377 g/mol. The molecule has 0 spiro atoms. The van der Waals surface area contributed by atoms with E-state index in [0.29, 0.717) is 0 Å². The van der Waals surface area contributed by atoms with Gasteiger partial charge in [-0.2, -0.15) is 0 Å². The van der Waals surface area contributed by atoms with E-state index in [0.717, 1.165) is 50.9 Å². The maximum Gasteiger partial charge on any atom is 0.191 e. The van der Waals surface area contributed by atoms with Gasteiger partial charge in [0.1, 0.15) is 5.82 Å². The van der Waals surface area contributed by atoms with Gasteiger partial charge >= 0.3 is 0 Å². The van der Waals surface area contributed by atoms with Crippen LogP contribution >= 0.6 is 24.0 Å². The van der Waals surface area contributed by atoms with Gasteiger partial charge in [-0.3, -0.25) is 4.99 Å². The summed E-state index contributed by atoms with van der Waals surface area (Å²) in [6, 6.07) is 4.30. The molecule has 3 rings (SSSR count). The van der Waals surface area contributed by atoms with Gasteiger partial charge in [0.05, 0.1) is 0 Å². The van der Waals surface area contributed by atoms with Crippen molar-refractivity contribution >= 4 is 35.8 Å². The average molecular weight is 401 g/mol. The molecule has 21 heavy (non-hydrogen) atoms. The molecule has 0 amide bonds. The van der Waals surface area contributed by atoms with E-state index in [1.165, 1.54) is 24.8 Å². The highest BCUT2D eigenvalue weighted by Crippen LogP contribution is 2.17. The first kappa shape index (κ1) is 16.3. The van der Waals surface area contributed by atoms with Crippen LogP contribution in [0.4, 0.5) is 5.82 Å². The number of anilines is 1. The molecule has 0 unspecified atom stereocenters. The zero-order valence-electron chi connectivity index (χ0n) is 12.3. The summed E-state index contributed by atoms with van der Waals surface area (Å²) in [4.78, 5) is 11.4. The smallest absolute Gasteiger partial charge is 0.191 e. The molecule has 0 bridgehead atoms. The summed E-state index contributed by atoms with van der Waals surface area (Å²) in [5.41, 5.74) is 1.20. The van der Waals surface area contributed by atoms with Crippen LogP contribution in [0.2, 0.25) is 0 Å². The fraction of sp³-hybridized carbons (Fsp3) is 0.600. The molecule has 1 saturated heterocycles. The van der Waals surface area contributed by atoms with Crippen molar-refractivity contribution in [2.45, 2.75) is 32.2 Å². The fourth-order valence-electron chi connectivity index (χ4n) is 2.67. The summed E-state index contributed by atoms with van der Waals surface area (Å²) in [7, 11) is 0. The number of nitrogens with zero attached hydrogens (tertiary/aromatic N) is 3. The normalized spacial score (nSPS) is 18.3. The monoisotopic (exact) mass is 401 g/mol. The van der Waals surface area contributed by atoms with Gasteiger partial charge in [-0.15, -0.1) is 24.0 Å². The summed E-state index contributed by atoms with van der Waals surface area (Å²) < 4.78 is 0. The Morgan fingerprint density at radius 1 is 1.14 bits per heavy atom. The molecule has 2 N–H and O–H groups in total. The van der Waals surface area contributed by atoms with Crippen LogP contribution in [0.5, 0.6) is 0 Å². The minimum absolute atomic E-state index is 0. The minimum Gasteiger partial charge on any atom is -0.357 e. The standard InChI is InChI=1S/C15H23N5.HI/c1-2-9-20(10-3-1)14-6-5-13(11-18-14)12-19-15-16-7-4-8-17-15;/h5-6,11H,1-4,7-10,12H2,(H2,16,17,19);1H. The van der Waals surface area contributed by atoms with Gasteiger partial charge in [0.25, 0.3) is 0 Å². The lowest BCUT2D eigenvalue weighted by atomic mass is 10.1. The van der Waals surface area contributed by atoms with Crippen LogP contribution in [-0.4, -0.2) is 37.1 Å². The topological polar surface area (TPSA) is 52.6 Å². The summed E-state index contributed by atoms with van der Waals surface area (Å²) in [5, 5.41) is 6.58. The van der Waals surface area contributed by atoms with Crippen molar-refractivity contribution in [1.82, 2.24) is 15.6 Å². The van der Waals surface area contributed by atoms with Crippen molar-refractivity contribution in [3.63, 3.8) is 0 Å². The number of hydrogen-bond acceptors (Lipinski definition) is 5. The molecule has 116 valence electrons. The van der Waals surface area contributed by atoms with Crippen molar-refractivity contribution in [2.75, 3.05) is 31.1 Å². The van der Waals surface area contributed by atoms with Crippen molar-refractivity contribution in [1.29, 1.82) is 0 Å². The van der Waals surface area contributed by atoms with E-state index in [1.807, 2.05) is 6.20 Å². The Bertz CT molecular complexity index is 454. The first-order valence-electron chi connectivity index (χ1n) is 7.64. The van der Waals surface area contributed by atoms with Gasteiger partial charge in [-0.1, -0.05) is 6.07 Å². The van der Waals surface area contributed by atoms with E-state index in [1.54, 1.807) is 0 Å². The van der Waals surface area contributed by atoms with E-state index in [-0.39, 0.29) is 24.0 Å². The Kier molecular flexibility index (Phi) is 6.53. The number of rotatable bonds is 3.